The molecule has 16 heavy (non-hydrogen) atoms. The average molecular weight is 217 g/mol. The third-order valence-corrected chi connectivity index (χ3v) is 3.07. The summed E-state index contributed by atoms with van der Waals surface area (Å²) in [7, 11) is 0. The van der Waals surface area contributed by atoms with Gasteiger partial charge >= 0.3 is 0 Å². The summed E-state index contributed by atoms with van der Waals surface area (Å²) in [5, 5.41) is 0. The van der Waals surface area contributed by atoms with Crippen molar-refractivity contribution in [1.29, 1.82) is 0 Å². The molecule has 0 spiro atoms. The first kappa shape index (κ1) is 9.66. The molecular formula is C12H15N3O. The zero-order valence-corrected chi connectivity index (χ0v) is 9.02. The van der Waals surface area contributed by atoms with Crippen molar-refractivity contribution in [3.8, 4) is 6.01 Å². The van der Waals surface area contributed by atoms with E-state index in [2.05, 4.69) is 9.97 Å². The number of hydrogen-bond acceptors (Lipinski definition) is 3. The first-order valence-electron chi connectivity index (χ1n) is 5.68. The minimum absolute atomic E-state index is 0.218. The Morgan fingerprint density at radius 1 is 1.31 bits per heavy atom. The average Bonchev–Trinajstić information content (AvgIpc) is 2.84. The monoisotopic (exact) mass is 217 g/mol. The highest BCUT2D eigenvalue weighted by atomic mass is 16.5. The van der Waals surface area contributed by atoms with Gasteiger partial charge in [-0.3, -0.25) is 0 Å². The molecule has 2 atom stereocenters. The van der Waals surface area contributed by atoms with Gasteiger partial charge in [0.15, 0.2) is 0 Å². The van der Waals surface area contributed by atoms with Crippen LogP contribution in [0.1, 0.15) is 19.3 Å². The molecule has 2 aromatic rings. The highest BCUT2D eigenvalue weighted by Gasteiger charge is 2.24. The van der Waals surface area contributed by atoms with Crippen molar-refractivity contribution >= 4 is 11.0 Å². The summed E-state index contributed by atoms with van der Waals surface area (Å²) in [6.45, 7) is 0. The third kappa shape index (κ3) is 1.76. The van der Waals surface area contributed by atoms with Gasteiger partial charge in [-0.1, -0.05) is 12.1 Å². The van der Waals surface area contributed by atoms with Crippen LogP contribution in [0.2, 0.25) is 0 Å². The summed E-state index contributed by atoms with van der Waals surface area (Å²) in [6.07, 6.45) is 3.22. The van der Waals surface area contributed by atoms with E-state index in [-0.39, 0.29) is 12.1 Å². The van der Waals surface area contributed by atoms with Crippen LogP contribution in [-0.2, 0) is 0 Å². The number of fused-ring (bicyclic) bond motifs is 1. The van der Waals surface area contributed by atoms with Crippen molar-refractivity contribution in [2.24, 2.45) is 5.73 Å². The van der Waals surface area contributed by atoms with E-state index in [9.17, 15) is 0 Å². The van der Waals surface area contributed by atoms with Crippen molar-refractivity contribution < 1.29 is 4.74 Å². The SMILES string of the molecule is NC1CCC(Oc2nc3ccccc3[nH]2)C1. The Morgan fingerprint density at radius 3 is 2.94 bits per heavy atom. The van der Waals surface area contributed by atoms with Gasteiger partial charge in [0.2, 0.25) is 0 Å². The number of hydrogen-bond donors (Lipinski definition) is 2. The first-order chi connectivity index (χ1) is 7.81. The van der Waals surface area contributed by atoms with E-state index in [1.54, 1.807) is 0 Å². The zero-order chi connectivity index (χ0) is 11.0. The molecular weight excluding hydrogens is 202 g/mol. The Morgan fingerprint density at radius 2 is 2.19 bits per heavy atom. The van der Waals surface area contributed by atoms with Crippen LogP contribution >= 0.6 is 0 Å². The zero-order valence-electron chi connectivity index (χ0n) is 9.02. The van der Waals surface area contributed by atoms with Crippen LogP contribution in [-0.4, -0.2) is 22.1 Å². The number of para-hydroxylation sites is 2. The van der Waals surface area contributed by atoms with Crippen LogP contribution < -0.4 is 10.5 Å². The van der Waals surface area contributed by atoms with Crippen LogP contribution in [0, 0.1) is 0 Å². The number of nitrogens with zero attached hydrogens (tertiary/aromatic N) is 1. The lowest BCUT2D eigenvalue weighted by atomic mass is 10.3. The molecule has 0 amide bonds. The van der Waals surface area contributed by atoms with Crippen molar-refractivity contribution in [3.05, 3.63) is 24.3 Å². The molecule has 0 bridgehead atoms. The normalized spacial score (nSPS) is 25.1. The van der Waals surface area contributed by atoms with Gasteiger partial charge in [0.25, 0.3) is 6.01 Å². The van der Waals surface area contributed by atoms with E-state index in [1.807, 2.05) is 24.3 Å². The summed E-state index contributed by atoms with van der Waals surface area (Å²) in [4.78, 5) is 7.55. The molecule has 4 heteroatoms. The lowest BCUT2D eigenvalue weighted by Crippen LogP contribution is -2.19. The summed E-state index contributed by atoms with van der Waals surface area (Å²) >= 11 is 0. The van der Waals surface area contributed by atoms with Gasteiger partial charge in [-0.05, 0) is 31.4 Å². The highest BCUT2D eigenvalue weighted by Crippen LogP contribution is 2.23. The number of imidazole rings is 1. The van der Waals surface area contributed by atoms with Gasteiger partial charge in [0.05, 0.1) is 11.0 Å². The Bertz CT molecular complexity index is 461. The fourth-order valence-corrected chi connectivity index (χ4v) is 2.22. The number of benzene rings is 1. The van der Waals surface area contributed by atoms with Gasteiger partial charge in [-0.25, -0.2) is 0 Å². The number of H-pyrrole nitrogens is 1. The van der Waals surface area contributed by atoms with Crippen molar-refractivity contribution in [2.45, 2.75) is 31.4 Å². The largest absolute Gasteiger partial charge is 0.461 e. The third-order valence-electron chi connectivity index (χ3n) is 3.07. The summed E-state index contributed by atoms with van der Waals surface area (Å²) in [6, 6.07) is 8.82. The maximum absolute atomic E-state index is 5.84. The van der Waals surface area contributed by atoms with Crippen molar-refractivity contribution in [2.75, 3.05) is 0 Å². The number of rotatable bonds is 2. The molecule has 1 aromatic carbocycles. The highest BCUT2D eigenvalue weighted by molar-refractivity contribution is 5.75. The van der Waals surface area contributed by atoms with Crippen LogP contribution in [0.5, 0.6) is 6.01 Å². The quantitative estimate of drug-likeness (QED) is 0.806. The fourth-order valence-electron chi connectivity index (χ4n) is 2.22. The molecule has 3 N–H and O–H groups in total. The van der Waals surface area contributed by atoms with Crippen LogP contribution in [0.3, 0.4) is 0 Å². The summed E-state index contributed by atoms with van der Waals surface area (Å²) in [5.74, 6) is 0. The van der Waals surface area contributed by atoms with Gasteiger partial charge in [-0.15, -0.1) is 0 Å². The maximum atomic E-state index is 5.84. The number of aromatic nitrogens is 2. The molecule has 1 aliphatic rings. The van der Waals surface area contributed by atoms with E-state index < -0.39 is 0 Å². The smallest absolute Gasteiger partial charge is 0.294 e. The molecule has 1 aliphatic carbocycles. The predicted molar refractivity (Wildman–Crippen MR) is 62.3 cm³/mol. The summed E-state index contributed by atoms with van der Waals surface area (Å²) in [5.41, 5.74) is 7.80. The number of ether oxygens (including phenoxy) is 1. The van der Waals surface area contributed by atoms with E-state index in [0.717, 1.165) is 30.3 Å². The molecule has 4 nitrogen and oxygen atoms in total. The molecule has 1 fully saturated rings. The molecule has 0 saturated heterocycles. The second kappa shape index (κ2) is 3.79. The Kier molecular flexibility index (Phi) is 2.29. The van der Waals surface area contributed by atoms with Gasteiger partial charge in [0, 0.05) is 6.04 Å². The molecule has 1 heterocycles. The van der Waals surface area contributed by atoms with E-state index in [0.29, 0.717) is 6.01 Å². The number of aromatic amines is 1. The van der Waals surface area contributed by atoms with Crippen LogP contribution in [0.15, 0.2) is 24.3 Å². The molecule has 3 rings (SSSR count). The van der Waals surface area contributed by atoms with E-state index in [4.69, 9.17) is 10.5 Å². The predicted octanol–water partition coefficient (Wildman–Crippen LogP) is 1.82. The molecule has 84 valence electrons. The Labute approximate surface area is 93.8 Å². The molecule has 2 unspecified atom stereocenters. The molecule has 0 radical (unpaired) electrons. The topological polar surface area (TPSA) is 63.9 Å². The molecule has 1 aromatic heterocycles. The number of nitrogens with one attached hydrogen (secondary N) is 1. The van der Waals surface area contributed by atoms with E-state index >= 15 is 0 Å². The molecule has 1 saturated carbocycles. The number of nitrogens with two attached hydrogens (primary N) is 1. The minimum Gasteiger partial charge on any atom is -0.461 e. The second-order valence-corrected chi connectivity index (χ2v) is 4.37. The van der Waals surface area contributed by atoms with Crippen molar-refractivity contribution in [3.63, 3.8) is 0 Å². The summed E-state index contributed by atoms with van der Waals surface area (Å²) < 4.78 is 5.78. The van der Waals surface area contributed by atoms with Gasteiger partial charge < -0.3 is 15.5 Å². The molecule has 0 aliphatic heterocycles. The lowest BCUT2D eigenvalue weighted by molar-refractivity contribution is 0.193. The van der Waals surface area contributed by atoms with Gasteiger partial charge in [-0.2, -0.15) is 4.98 Å². The first-order valence-corrected chi connectivity index (χ1v) is 5.68. The lowest BCUT2D eigenvalue weighted by Gasteiger charge is -2.09. The fraction of sp³-hybridized carbons (Fsp3) is 0.417. The van der Waals surface area contributed by atoms with Crippen LogP contribution in [0.4, 0.5) is 0 Å². The minimum atomic E-state index is 0.218. The Balaban J connectivity index is 1.79. The standard InChI is InChI=1S/C12H15N3O/c13-8-5-6-9(7-8)16-12-14-10-3-1-2-4-11(10)15-12/h1-4,8-9H,5-7,13H2,(H,14,15). The Hall–Kier alpha value is -1.55. The van der Waals surface area contributed by atoms with Gasteiger partial charge in [0.1, 0.15) is 6.10 Å². The van der Waals surface area contributed by atoms with E-state index in [1.165, 1.54) is 0 Å². The second-order valence-electron chi connectivity index (χ2n) is 4.37. The van der Waals surface area contributed by atoms with Crippen molar-refractivity contribution in [1.82, 2.24) is 9.97 Å². The maximum Gasteiger partial charge on any atom is 0.294 e. The van der Waals surface area contributed by atoms with Crippen LogP contribution in [0.25, 0.3) is 11.0 Å².